The number of morpholine rings is 1. The summed E-state index contributed by atoms with van der Waals surface area (Å²) in [5, 5.41) is 2.97. The molecule has 1 unspecified atom stereocenters. The summed E-state index contributed by atoms with van der Waals surface area (Å²) in [7, 11) is 1.77. The SMILES string of the molecule is CCCCCNC(=O)N(C)c1cccc(-c2ccc(CC(OCC)C(=O)N3CCOCC3)cn2)c1. The van der Waals surface area contributed by atoms with E-state index in [9.17, 15) is 9.59 Å². The van der Waals surface area contributed by atoms with Crippen molar-refractivity contribution in [2.45, 2.75) is 45.6 Å². The predicted octanol–water partition coefficient (Wildman–Crippen LogP) is 3.89. The molecule has 35 heavy (non-hydrogen) atoms. The van der Waals surface area contributed by atoms with Crippen molar-refractivity contribution in [3.05, 3.63) is 48.2 Å². The summed E-state index contributed by atoms with van der Waals surface area (Å²) in [6.45, 7) is 7.52. The van der Waals surface area contributed by atoms with Gasteiger partial charge in [0.05, 0.1) is 18.9 Å². The van der Waals surface area contributed by atoms with Crippen LogP contribution in [0, 0.1) is 0 Å². The normalized spacial score (nSPS) is 14.4. The quantitative estimate of drug-likeness (QED) is 0.491. The second kappa shape index (κ2) is 13.8. The summed E-state index contributed by atoms with van der Waals surface area (Å²) in [4.78, 5) is 33.5. The number of benzene rings is 1. The minimum Gasteiger partial charge on any atom is -0.378 e. The number of nitrogens with zero attached hydrogens (tertiary/aromatic N) is 3. The number of unbranched alkanes of at least 4 members (excludes halogenated alkanes) is 2. The molecular formula is C27H38N4O4. The van der Waals surface area contributed by atoms with Crippen molar-refractivity contribution in [3.63, 3.8) is 0 Å². The number of ether oxygens (including phenoxy) is 2. The molecule has 3 amide bonds. The van der Waals surface area contributed by atoms with Gasteiger partial charge in [0.25, 0.3) is 5.91 Å². The Balaban J connectivity index is 1.64. The second-order valence-corrected chi connectivity index (χ2v) is 8.69. The molecule has 190 valence electrons. The average Bonchev–Trinajstić information content (AvgIpc) is 2.91. The van der Waals surface area contributed by atoms with Gasteiger partial charge in [-0.25, -0.2) is 4.79 Å². The van der Waals surface area contributed by atoms with Crippen LogP contribution in [0.15, 0.2) is 42.6 Å². The number of urea groups is 1. The fourth-order valence-electron chi connectivity index (χ4n) is 4.02. The number of aromatic nitrogens is 1. The van der Waals surface area contributed by atoms with E-state index < -0.39 is 6.10 Å². The van der Waals surface area contributed by atoms with Crippen LogP contribution in [0.4, 0.5) is 10.5 Å². The van der Waals surface area contributed by atoms with Gasteiger partial charge in [-0.1, -0.05) is 38.0 Å². The lowest BCUT2D eigenvalue weighted by molar-refractivity contribution is -0.147. The van der Waals surface area contributed by atoms with Crippen molar-refractivity contribution in [1.82, 2.24) is 15.2 Å². The molecule has 0 bridgehead atoms. The van der Waals surface area contributed by atoms with Crippen LogP contribution in [0.3, 0.4) is 0 Å². The number of hydrogen-bond donors (Lipinski definition) is 1. The van der Waals surface area contributed by atoms with Gasteiger partial charge in [0.2, 0.25) is 0 Å². The van der Waals surface area contributed by atoms with Crippen LogP contribution < -0.4 is 10.2 Å². The first kappa shape index (κ1) is 26.6. The van der Waals surface area contributed by atoms with Crippen molar-refractivity contribution >= 4 is 17.6 Å². The summed E-state index contributed by atoms with van der Waals surface area (Å²) in [5.74, 6) is 0.00272. The molecule has 2 aromatic rings. The largest absolute Gasteiger partial charge is 0.378 e. The Kier molecular flexibility index (Phi) is 10.5. The molecule has 1 atom stereocenters. The summed E-state index contributed by atoms with van der Waals surface area (Å²) >= 11 is 0. The minimum absolute atomic E-state index is 0.00272. The number of carbonyl (C=O) groups is 2. The van der Waals surface area contributed by atoms with E-state index in [4.69, 9.17) is 9.47 Å². The number of nitrogens with one attached hydrogen (secondary N) is 1. The van der Waals surface area contributed by atoms with Crippen molar-refractivity contribution in [2.75, 3.05) is 51.4 Å². The Morgan fingerprint density at radius 1 is 1.17 bits per heavy atom. The third-order valence-corrected chi connectivity index (χ3v) is 6.10. The van der Waals surface area contributed by atoms with E-state index in [1.54, 1.807) is 18.1 Å². The summed E-state index contributed by atoms with van der Waals surface area (Å²) in [5.41, 5.74) is 3.47. The lowest BCUT2D eigenvalue weighted by Crippen LogP contribution is -2.47. The van der Waals surface area contributed by atoms with Gasteiger partial charge in [0, 0.05) is 57.2 Å². The maximum Gasteiger partial charge on any atom is 0.321 e. The zero-order chi connectivity index (χ0) is 25.0. The number of hydrogen-bond acceptors (Lipinski definition) is 5. The molecule has 0 radical (unpaired) electrons. The van der Waals surface area contributed by atoms with E-state index in [0.29, 0.717) is 45.9 Å². The molecule has 1 aromatic heterocycles. The van der Waals surface area contributed by atoms with Gasteiger partial charge in [0.15, 0.2) is 0 Å². The van der Waals surface area contributed by atoms with Crippen LogP contribution in [0.25, 0.3) is 11.3 Å². The molecule has 1 saturated heterocycles. The van der Waals surface area contributed by atoms with Crippen LogP contribution in [-0.2, 0) is 20.7 Å². The zero-order valence-corrected chi connectivity index (χ0v) is 21.2. The lowest BCUT2D eigenvalue weighted by atomic mass is 10.1. The molecule has 0 aliphatic carbocycles. The molecule has 0 spiro atoms. The molecule has 0 saturated carbocycles. The minimum atomic E-state index is -0.529. The van der Waals surface area contributed by atoms with E-state index in [0.717, 1.165) is 41.8 Å². The molecule has 1 fully saturated rings. The Morgan fingerprint density at radius 2 is 1.97 bits per heavy atom. The highest BCUT2D eigenvalue weighted by atomic mass is 16.5. The second-order valence-electron chi connectivity index (χ2n) is 8.69. The van der Waals surface area contributed by atoms with E-state index in [2.05, 4.69) is 17.2 Å². The summed E-state index contributed by atoms with van der Waals surface area (Å²) in [6.07, 6.45) is 4.94. The zero-order valence-electron chi connectivity index (χ0n) is 21.2. The average molecular weight is 483 g/mol. The molecule has 8 heteroatoms. The van der Waals surface area contributed by atoms with Crippen molar-refractivity contribution in [1.29, 1.82) is 0 Å². The third-order valence-electron chi connectivity index (χ3n) is 6.10. The van der Waals surface area contributed by atoms with Gasteiger partial charge in [-0.2, -0.15) is 0 Å². The van der Waals surface area contributed by atoms with Crippen molar-refractivity contribution in [3.8, 4) is 11.3 Å². The number of anilines is 1. The maximum absolute atomic E-state index is 12.9. The first-order chi connectivity index (χ1) is 17.0. The number of amides is 3. The topological polar surface area (TPSA) is 84.0 Å². The van der Waals surface area contributed by atoms with Crippen molar-refractivity contribution < 1.29 is 19.1 Å². The third kappa shape index (κ3) is 7.77. The number of carbonyl (C=O) groups excluding carboxylic acids is 2. The maximum atomic E-state index is 12.9. The molecule has 2 heterocycles. The molecule has 1 aliphatic heterocycles. The van der Waals surface area contributed by atoms with Crippen LogP contribution >= 0.6 is 0 Å². The van der Waals surface area contributed by atoms with Crippen molar-refractivity contribution in [2.24, 2.45) is 0 Å². The highest BCUT2D eigenvalue weighted by Gasteiger charge is 2.26. The van der Waals surface area contributed by atoms with Gasteiger partial charge in [-0.3, -0.25) is 14.7 Å². The van der Waals surface area contributed by atoms with Crippen LogP contribution in [-0.4, -0.2) is 74.4 Å². The molecule has 3 rings (SSSR count). The van der Waals surface area contributed by atoms with Gasteiger partial charge in [-0.15, -0.1) is 0 Å². The van der Waals surface area contributed by atoms with E-state index in [1.807, 2.05) is 48.2 Å². The molecule has 1 aliphatic rings. The van der Waals surface area contributed by atoms with Gasteiger partial charge in [-0.05, 0) is 37.1 Å². The van der Waals surface area contributed by atoms with Gasteiger partial charge < -0.3 is 19.7 Å². The van der Waals surface area contributed by atoms with E-state index >= 15 is 0 Å². The fraction of sp³-hybridized carbons (Fsp3) is 0.519. The first-order valence-corrected chi connectivity index (χ1v) is 12.6. The molecular weight excluding hydrogens is 444 g/mol. The smallest absolute Gasteiger partial charge is 0.321 e. The number of pyridine rings is 1. The Morgan fingerprint density at radius 3 is 2.66 bits per heavy atom. The fourth-order valence-corrected chi connectivity index (χ4v) is 4.02. The molecule has 8 nitrogen and oxygen atoms in total. The predicted molar refractivity (Wildman–Crippen MR) is 138 cm³/mol. The highest BCUT2D eigenvalue weighted by Crippen LogP contribution is 2.23. The van der Waals surface area contributed by atoms with Gasteiger partial charge in [0.1, 0.15) is 6.10 Å². The highest BCUT2D eigenvalue weighted by molar-refractivity contribution is 5.92. The van der Waals surface area contributed by atoms with Crippen LogP contribution in [0.5, 0.6) is 0 Å². The Labute approximate surface area is 208 Å². The summed E-state index contributed by atoms with van der Waals surface area (Å²) in [6, 6.07) is 11.6. The Hall–Kier alpha value is -2.97. The molecule has 1 N–H and O–H groups in total. The number of rotatable bonds is 11. The van der Waals surface area contributed by atoms with Crippen LogP contribution in [0.1, 0.15) is 38.7 Å². The Bertz CT molecular complexity index is 944. The van der Waals surface area contributed by atoms with Gasteiger partial charge >= 0.3 is 6.03 Å². The van der Waals surface area contributed by atoms with E-state index in [1.165, 1.54) is 0 Å². The standard InChI is InChI=1S/C27H38N4O4/c1-4-6-7-13-28-27(33)30(3)23-10-8-9-22(19-23)24-12-11-21(20-29-24)18-25(35-5-2)26(32)31-14-16-34-17-15-31/h8-12,19-20,25H,4-7,13-18H2,1-3H3,(H,28,33). The van der Waals surface area contributed by atoms with E-state index in [-0.39, 0.29) is 11.9 Å². The first-order valence-electron chi connectivity index (χ1n) is 12.6. The molecule has 1 aromatic carbocycles. The lowest BCUT2D eigenvalue weighted by Gasteiger charge is -2.30. The summed E-state index contributed by atoms with van der Waals surface area (Å²) < 4.78 is 11.1. The van der Waals surface area contributed by atoms with Crippen LogP contribution in [0.2, 0.25) is 0 Å². The monoisotopic (exact) mass is 482 g/mol.